The lowest BCUT2D eigenvalue weighted by molar-refractivity contribution is 0.0636. The van der Waals surface area contributed by atoms with E-state index in [1.165, 1.54) is 0 Å². The Morgan fingerprint density at radius 1 is 1.28 bits per heavy atom. The maximum Gasteiger partial charge on any atom is 0.412 e. The number of rotatable bonds is 1. The van der Waals surface area contributed by atoms with Gasteiger partial charge in [0, 0.05) is 5.69 Å². The molecule has 4 heteroatoms. The molecule has 0 atom stereocenters. The predicted molar refractivity (Wildman–Crippen MR) is 70.5 cm³/mol. The average Bonchev–Trinajstić information content (AvgIpc) is 2.13. The van der Waals surface area contributed by atoms with Crippen LogP contribution in [0.2, 0.25) is 0 Å². The monoisotopic (exact) mass is 246 g/mol. The minimum atomic E-state index is -0.527. The number of anilines is 1. The van der Waals surface area contributed by atoms with Gasteiger partial charge in [0.25, 0.3) is 0 Å². The number of aryl methyl sites for hydroxylation is 2. The number of nitrogens with zero attached hydrogens (tertiary/aromatic N) is 1. The van der Waals surface area contributed by atoms with Gasteiger partial charge in [-0.2, -0.15) is 5.26 Å². The van der Waals surface area contributed by atoms with Crippen LogP contribution in [0.3, 0.4) is 0 Å². The van der Waals surface area contributed by atoms with Crippen LogP contribution in [0.5, 0.6) is 0 Å². The molecule has 0 spiro atoms. The molecule has 0 aromatic heterocycles. The van der Waals surface area contributed by atoms with Gasteiger partial charge in [-0.3, -0.25) is 5.32 Å². The topological polar surface area (TPSA) is 62.1 Å². The second kappa shape index (κ2) is 5.09. The van der Waals surface area contributed by atoms with Crippen molar-refractivity contribution in [1.82, 2.24) is 0 Å². The van der Waals surface area contributed by atoms with Gasteiger partial charge in [0.05, 0.1) is 11.6 Å². The van der Waals surface area contributed by atoms with E-state index in [0.29, 0.717) is 11.3 Å². The first kappa shape index (κ1) is 14.0. The van der Waals surface area contributed by atoms with E-state index in [4.69, 9.17) is 10.00 Å². The zero-order valence-electron chi connectivity index (χ0n) is 11.4. The molecule has 1 aromatic rings. The van der Waals surface area contributed by atoms with Crippen LogP contribution in [0.25, 0.3) is 0 Å². The quantitative estimate of drug-likeness (QED) is 0.824. The first-order chi connectivity index (χ1) is 8.23. The molecule has 18 heavy (non-hydrogen) atoms. The summed E-state index contributed by atoms with van der Waals surface area (Å²) in [7, 11) is 0. The van der Waals surface area contributed by atoms with Crippen molar-refractivity contribution in [1.29, 1.82) is 5.26 Å². The van der Waals surface area contributed by atoms with Gasteiger partial charge in [0.15, 0.2) is 0 Å². The van der Waals surface area contributed by atoms with E-state index in [1.807, 2.05) is 34.6 Å². The van der Waals surface area contributed by atoms with E-state index in [1.54, 1.807) is 12.1 Å². The Morgan fingerprint density at radius 3 is 2.17 bits per heavy atom. The lowest BCUT2D eigenvalue weighted by Crippen LogP contribution is -2.27. The Labute approximate surface area is 108 Å². The summed E-state index contributed by atoms with van der Waals surface area (Å²) >= 11 is 0. The number of carbonyl (C=O) groups is 1. The lowest BCUT2D eigenvalue weighted by atomic mass is 10.0. The summed E-state index contributed by atoms with van der Waals surface area (Å²) in [5.41, 5.74) is 2.43. The standard InChI is InChI=1S/C14H18N2O2/c1-9-6-11(7-10(2)12(9)8-15)16-13(17)18-14(3,4)5/h6-7H,1-5H3,(H,16,17). The molecule has 96 valence electrons. The SMILES string of the molecule is Cc1cc(NC(=O)OC(C)(C)C)cc(C)c1C#N. The number of hydrogen-bond acceptors (Lipinski definition) is 3. The molecule has 0 radical (unpaired) electrons. The Kier molecular flexibility index (Phi) is 3.97. The molecule has 1 aromatic carbocycles. The highest BCUT2D eigenvalue weighted by Gasteiger charge is 2.16. The molecule has 0 aliphatic heterocycles. The summed E-state index contributed by atoms with van der Waals surface area (Å²) in [5.74, 6) is 0. The van der Waals surface area contributed by atoms with Crippen molar-refractivity contribution >= 4 is 11.8 Å². The predicted octanol–water partition coefficient (Wildman–Crippen LogP) is 3.52. The molecule has 1 rings (SSSR count). The fourth-order valence-corrected chi connectivity index (χ4v) is 1.63. The molecular weight excluding hydrogens is 228 g/mol. The summed E-state index contributed by atoms with van der Waals surface area (Å²) in [6.45, 7) is 9.10. The first-order valence-electron chi connectivity index (χ1n) is 5.74. The van der Waals surface area contributed by atoms with Crippen LogP contribution in [-0.4, -0.2) is 11.7 Å². The van der Waals surface area contributed by atoms with Crippen LogP contribution in [0, 0.1) is 25.2 Å². The van der Waals surface area contributed by atoms with E-state index >= 15 is 0 Å². The second-order valence-corrected chi connectivity index (χ2v) is 5.22. The molecule has 1 amide bonds. The molecule has 0 aliphatic carbocycles. The van der Waals surface area contributed by atoms with Crippen molar-refractivity contribution in [3.63, 3.8) is 0 Å². The summed E-state index contributed by atoms with van der Waals surface area (Å²) in [6, 6.07) is 5.66. The van der Waals surface area contributed by atoms with Gasteiger partial charge >= 0.3 is 6.09 Å². The lowest BCUT2D eigenvalue weighted by Gasteiger charge is -2.20. The van der Waals surface area contributed by atoms with Gasteiger partial charge in [-0.15, -0.1) is 0 Å². The van der Waals surface area contributed by atoms with Crippen molar-refractivity contribution in [2.24, 2.45) is 0 Å². The smallest absolute Gasteiger partial charge is 0.412 e. The molecular formula is C14H18N2O2. The zero-order chi connectivity index (χ0) is 13.9. The third-order valence-electron chi connectivity index (χ3n) is 2.29. The van der Waals surface area contributed by atoms with Gasteiger partial charge < -0.3 is 4.74 Å². The number of carbonyl (C=O) groups excluding carboxylic acids is 1. The largest absolute Gasteiger partial charge is 0.444 e. The number of benzene rings is 1. The van der Waals surface area contributed by atoms with Crippen LogP contribution in [-0.2, 0) is 4.74 Å². The molecule has 0 heterocycles. The Balaban J connectivity index is 2.88. The summed E-state index contributed by atoms with van der Waals surface area (Å²) < 4.78 is 5.16. The second-order valence-electron chi connectivity index (χ2n) is 5.22. The van der Waals surface area contributed by atoms with Crippen molar-refractivity contribution in [3.05, 3.63) is 28.8 Å². The van der Waals surface area contributed by atoms with E-state index < -0.39 is 11.7 Å². The van der Waals surface area contributed by atoms with E-state index in [-0.39, 0.29) is 0 Å². The maximum atomic E-state index is 11.6. The Hall–Kier alpha value is -2.02. The number of nitriles is 1. The van der Waals surface area contributed by atoms with Gasteiger partial charge in [-0.05, 0) is 57.9 Å². The third-order valence-corrected chi connectivity index (χ3v) is 2.29. The fourth-order valence-electron chi connectivity index (χ4n) is 1.63. The van der Waals surface area contributed by atoms with Gasteiger partial charge in [0.1, 0.15) is 5.60 Å². The molecule has 1 N–H and O–H groups in total. The highest BCUT2D eigenvalue weighted by Crippen LogP contribution is 2.20. The molecule has 0 saturated heterocycles. The fraction of sp³-hybridized carbons (Fsp3) is 0.429. The van der Waals surface area contributed by atoms with Crippen LogP contribution in [0.4, 0.5) is 10.5 Å². The van der Waals surface area contributed by atoms with Crippen LogP contribution in [0.1, 0.15) is 37.5 Å². The first-order valence-corrected chi connectivity index (χ1v) is 5.74. The highest BCUT2D eigenvalue weighted by atomic mass is 16.6. The van der Waals surface area contributed by atoms with Gasteiger partial charge in [-0.25, -0.2) is 4.79 Å². The molecule has 0 bridgehead atoms. The summed E-state index contributed by atoms with van der Waals surface area (Å²) in [4.78, 5) is 11.6. The van der Waals surface area contributed by atoms with E-state index in [9.17, 15) is 4.79 Å². The Bertz CT molecular complexity index is 485. The third kappa shape index (κ3) is 3.77. The summed E-state index contributed by atoms with van der Waals surface area (Å²) in [5, 5.41) is 11.6. The number of amides is 1. The average molecular weight is 246 g/mol. The molecule has 0 fully saturated rings. The van der Waals surface area contributed by atoms with E-state index in [2.05, 4.69) is 11.4 Å². The minimum Gasteiger partial charge on any atom is -0.444 e. The Morgan fingerprint density at radius 2 is 1.78 bits per heavy atom. The van der Waals surface area contributed by atoms with Crippen LogP contribution < -0.4 is 5.32 Å². The summed E-state index contributed by atoms with van der Waals surface area (Å²) in [6.07, 6.45) is -0.494. The van der Waals surface area contributed by atoms with Crippen molar-refractivity contribution < 1.29 is 9.53 Å². The van der Waals surface area contributed by atoms with Crippen molar-refractivity contribution in [2.75, 3.05) is 5.32 Å². The number of hydrogen-bond donors (Lipinski definition) is 1. The molecule has 4 nitrogen and oxygen atoms in total. The van der Waals surface area contributed by atoms with Crippen LogP contribution >= 0.6 is 0 Å². The highest BCUT2D eigenvalue weighted by molar-refractivity contribution is 5.85. The minimum absolute atomic E-state index is 0.494. The molecule has 0 saturated carbocycles. The normalized spacial score (nSPS) is 10.7. The van der Waals surface area contributed by atoms with Gasteiger partial charge in [0.2, 0.25) is 0 Å². The van der Waals surface area contributed by atoms with Gasteiger partial charge in [-0.1, -0.05) is 0 Å². The van der Waals surface area contributed by atoms with Crippen LogP contribution in [0.15, 0.2) is 12.1 Å². The number of ether oxygens (including phenoxy) is 1. The van der Waals surface area contributed by atoms with Crippen molar-refractivity contribution in [3.8, 4) is 6.07 Å². The number of nitrogens with one attached hydrogen (secondary N) is 1. The molecule has 0 unspecified atom stereocenters. The maximum absolute atomic E-state index is 11.6. The zero-order valence-corrected chi connectivity index (χ0v) is 11.4. The molecule has 0 aliphatic rings. The van der Waals surface area contributed by atoms with E-state index in [0.717, 1.165) is 11.1 Å². The van der Waals surface area contributed by atoms with Crippen molar-refractivity contribution in [2.45, 2.75) is 40.2 Å².